The highest BCUT2D eigenvalue weighted by molar-refractivity contribution is 7.99. The van der Waals surface area contributed by atoms with E-state index < -0.39 is 0 Å². The molecule has 1 N–H and O–H groups in total. The van der Waals surface area contributed by atoms with Gasteiger partial charge in [-0.2, -0.15) is 0 Å². The Hall–Kier alpha value is -0.790. The molecule has 3 heterocycles. The van der Waals surface area contributed by atoms with Crippen molar-refractivity contribution in [2.75, 3.05) is 19.8 Å². The van der Waals surface area contributed by atoms with Gasteiger partial charge >= 0.3 is 0 Å². The molecule has 7 heteroatoms. The van der Waals surface area contributed by atoms with E-state index in [4.69, 9.17) is 21.6 Å². The lowest BCUT2D eigenvalue weighted by Crippen LogP contribution is -3.08. The minimum Gasteiger partial charge on any atom is -0.333 e. The lowest BCUT2D eigenvalue weighted by Gasteiger charge is -2.19. The molecule has 1 aliphatic rings. The SMILES string of the molecule is CSc1nc(SCc2ccccc2Cl)c2c3c(sc2n1)C[NH+](C)CC3. The average Bonchev–Trinajstić information content (AvgIpc) is 2.97. The number of thiophene rings is 1. The summed E-state index contributed by atoms with van der Waals surface area (Å²) in [7, 11) is 2.26. The highest BCUT2D eigenvalue weighted by atomic mass is 35.5. The molecule has 0 bridgehead atoms. The molecule has 1 atom stereocenters. The molecule has 0 saturated heterocycles. The molecule has 0 amide bonds. The summed E-state index contributed by atoms with van der Waals surface area (Å²) in [4.78, 5) is 13.8. The van der Waals surface area contributed by atoms with Gasteiger partial charge in [-0.1, -0.05) is 41.6 Å². The maximum Gasteiger partial charge on any atom is 0.189 e. The lowest BCUT2D eigenvalue weighted by molar-refractivity contribution is -0.895. The van der Waals surface area contributed by atoms with Gasteiger partial charge in [-0.15, -0.1) is 23.1 Å². The lowest BCUT2D eigenvalue weighted by atomic mass is 10.1. The smallest absolute Gasteiger partial charge is 0.189 e. The first-order chi connectivity index (χ1) is 12.2. The number of benzene rings is 1. The normalized spacial score (nSPS) is 17.0. The molecule has 2 aromatic heterocycles. The fraction of sp³-hybridized carbons (Fsp3) is 0.333. The molecule has 130 valence electrons. The quantitative estimate of drug-likeness (QED) is 0.402. The van der Waals surface area contributed by atoms with E-state index in [2.05, 4.69) is 13.1 Å². The molecule has 3 aromatic rings. The van der Waals surface area contributed by atoms with Gasteiger partial charge in [0.1, 0.15) is 16.4 Å². The fourth-order valence-electron chi connectivity index (χ4n) is 3.12. The van der Waals surface area contributed by atoms with E-state index in [9.17, 15) is 0 Å². The first-order valence-corrected chi connectivity index (χ1v) is 11.6. The molecule has 0 saturated carbocycles. The molecule has 4 rings (SSSR count). The van der Waals surface area contributed by atoms with Crippen LogP contribution in [0.2, 0.25) is 5.02 Å². The molecule has 1 unspecified atom stereocenters. The van der Waals surface area contributed by atoms with Crippen LogP contribution in [0.4, 0.5) is 0 Å². The number of quaternary nitrogens is 1. The second-order valence-electron chi connectivity index (χ2n) is 6.21. The predicted octanol–water partition coefficient (Wildman–Crippen LogP) is 3.93. The van der Waals surface area contributed by atoms with E-state index in [-0.39, 0.29) is 0 Å². The van der Waals surface area contributed by atoms with Crippen LogP contribution in [0.1, 0.15) is 16.0 Å². The van der Waals surface area contributed by atoms with Crippen LogP contribution in [0.15, 0.2) is 34.4 Å². The van der Waals surface area contributed by atoms with Gasteiger partial charge in [0.15, 0.2) is 5.16 Å². The largest absolute Gasteiger partial charge is 0.333 e. The first kappa shape index (κ1) is 17.6. The number of nitrogens with zero attached hydrogens (tertiary/aromatic N) is 2. The number of fused-ring (bicyclic) bond motifs is 3. The van der Waals surface area contributed by atoms with E-state index in [0.29, 0.717) is 0 Å². The molecule has 25 heavy (non-hydrogen) atoms. The summed E-state index contributed by atoms with van der Waals surface area (Å²) in [6.45, 7) is 2.28. The average molecular weight is 409 g/mol. The van der Waals surface area contributed by atoms with Gasteiger partial charge in [-0.25, -0.2) is 9.97 Å². The van der Waals surface area contributed by atoms with Gasteiger partial charge in [0, 0.05) is 22.6 Å². The summed E-state index contributed by atoms with van der Waals surface area (Å²) in [5.41, 5.74) is 2.62. The Labute approximate surface area is 165 Å². The van der Waals surface area contributed by atoms with E-state index in [1.165, 1.54) is 22.4 Å². The van der Waals surface area contributed by atoms with Crippen LogP contribution in [-0.2, 0) is 18.7 Å². The van der Waals surface area contributed by atoms with Crippen molar-refractivity contribution >= 4 is 56.7 Å². The molecule has 0 fully saturated rings. The highest BCUT2D eigenvalue weighted by Crippen LogP contribution is 2.39. The van der Waals surface area contributed by atoms with Gasteiger partial charge in [0.05, 0.1) is 18.5 Å². The Balaban J connectivity index is 1.75. The number of hydrogen-bond acceptors (Lipinski definition) is 5. The van der Waals surface area contributed by atoms with Crippen LogP contribution in [-0.4, -0.2) is 29.8 Å². The number of rotatable bonds is 4. The molecule has 1 aromatic carbocycles. The second kappa shape index (κ2) is 7.45. The van der Waals surface area contributed by atoms with Crippen molar-refractivity contribution in [3.8, 4) is 0 Å². The summed E-state index contributed by atoms with van der Waals surface area (Å²) < 4.78 is 0. The van der Waals surface area contributed by atoms with E-state index in [0.717, 1.165) is 44.3 Å². The summed E-state index contributed by atoms with van der Waals surface area (Å²) >= 11 is 11.6. The number of hydrogen-bond donors (Lipinski definition) is 1. The van der Waals surface area contributed by atoms with Crippen molar-refractivity contribution in [1.82, 2.24) is 9.97 Å². The number of likely N-dealkylation sites (N-methyl/N-ethyl adjacent to an activating group) is 1. The van der Waals surface area contributed by atoms with Crippen molar-refractivity contribution in [2.45, 2.75) is 28.9 Å². The van der Waals surface area contributed by atoms with Crippen molar-refractivity contribution in [3.63, 3.8) is 0 Å². The number of aromatic nitrogens is 2. The zero-order chi connectivity index (χ0) is 17.4. The molecule has 3 nitrogen and oxygen atoms in total. The van der Waals surface area contributed by atoms with E-state index in [1.807, 2.05) is 35.8 Å². The molecule has 0 aliphatic carbocycles. The fourth-order valence-corrected chi connectivity index (χ4v) is 6.34. The van der Waals surface area contributed by atoms with Gasteiger partial charge in [0.2, 0.25) is 0 Å². The Morgan fingerprint density at radius 1 is 1.28 bits per heavy atom. The summed E-state index contributed by atoms with van der Waals surface area (Å²) in [6.07, 6.45) is 3.15. The van der Waals surface area contributed by atoms with Crippen LogP contribution in [0.3, 0.4) is 0 Å². The number of halogens is 1. The van der Waals surface area contributed by atoms with Gasteiger partial charge in [-0.3, -0.25) is 0 Å². The molecule has 0 spiro atoms. The standard InChI is InChI=1S/C18H18ClN3S3/c1-22-8-7-12-14(9-22)25-17-15(12)16(20-18(21-17)23-2)24-10-11-5-3-4-6-13(11)19/h3-6H,7-10H2,1-2H3/p+1. The first-order valence-electron chi connectivity index (χ1n) is 8.19. The zero-order valence-electron chi connectivity index (χ0n) is 14.1. The minimum atomic E-state index is 0.822. The van der Waals surface area contributed by atoms with Gasteiger partial charge < -0.3 is 4.90 Å². The van der Waals surface area contributed by atoms with Crippen LogP contribution in [0.25, 0.3) is 10.2 Å². The minimum absolute atomic E-state index is 0.822. The molecular formula is C18H19ClN3S3+. The molecule has 1 aliphatic heterocycles. The highest BCUT2D eigenvalue weighted by Gasteiger charge is 2.25. The Morgan fingerprint density at radius 3 is 2.92 bits per heavy atom. The maximum absolute atomic E-state index is 6.33. The van der Waals surface area contributed by atoms with Crippen molar-refractivity contribution in [2.24, 2.45) is 0 Å². The third-order valence-electron chi connectivity index (χ3n) is 4.45. The van der Waals surface area contributed by atoms with Crippen LogP contribution < -0.4 is 4.90 Å². The van der Waals surface area contributed by atoms with Crippen molar-refractivity contribution in [1.29, 1.82) is 0 Å². The summed E-state index contributed by atoms with van der Waals surface area (Å²) in [5, 5.41) is 4.06. The Kier molecular flexibility index (Phi) is 5.25. The maximum atomic E-state index is 6.33. The third-order valence-corrected chi connectivity index (χ3v) is 7.52. The second-order valence-corrected chi connectivity index (χ2v) is 9.44. The van der Waals surface area contributed by atoms with E-state index >= 15 is 0 Å². The van der Waals surface area contributed by atoms with Gasteiger partial charge in [-0.05, 0) is 23.4 Å². The van der Waals surface area contributed by atoms with Crippen molar-refractivity contribution < 1.29 is 4.90 Å². The predicted molar refractivity (Wildman–Crippen MR) is 109 cm³/mol. The Bertz CT molecular complexity index is 925. The third kappa shape index (κ3) is 3.55. The zero-order valence-corrected chi connectivity index (χ0v) is 17.3. The van der Waals surface area contributed by atoms with Gasteiger partial charge in [0.25, 0.3) is 0 Å². The molecular weight excluding hydrogens is 390 g/mol. The monoisotopic (exact) mass is 408 g/mol. The van der Waals surface area contributed by atoms with E-state index in [1.54, 1.807) is 28.4 Å². The van der Waals surface area contributed by atoms with Crippen LogP contribution >= 0.6 is 46.5 Å². The summed E-state index contributed by atoms with van der Waals surface area (Å²) in [5.74, 6) is 0.829. The topological polar surface area (TPSA) is 30.2 Å². The number of thioether (sulfide) groups is 2. The number of nitrogens with one attached hydrogen (secondary N) is 1. The van der Waals surface area contributed by atoms with Crippen LogP contribution in [0.5, 0.6) is 0 Å². The molecule has 0 radical (unpaired) electrons. The summed E-state index contributed by atoms with van der Waals surface area (Å²) in [6, 6.07) is 8.05. The Morgan fingerprint density at radius 2 is 2.12 bits per heavy atom. The van der Waals surface area contributed by atoms with Crippen LogP contribution in [0, 0.1) is 0 Å². The van der Waals surface area contributed by atoms with Crippen molar-refractivity contribution in [3.05, 3.63) is 45.3 Å².